The van der Waals surface area contributed by atoms with Crippen LogP contribution in [0.5, 0.6) is 0 Å². The number of H-pyrrole nitrogens is 1. The zero-order valence-electron chi connectivity index (χ0n) is 22.6. The van der Waals surface area contributed by atoms with E-state index in [2.05, 4.69) is 15.6 Å². The maximum absolute atomic E-state index is 14.2. The molecule has 2 saturated heterocycles. The van der Waals surface area contributed by atoms with Gasteiger partial charge in [-0.3, -0.25) is 14.4 Å². The summed E-state index contributed by atoms with van der Waals surface area (Å²) in [6.45, 7) is 1.64. The molecule has 0 spiro atoms. The lowest BCUT2D eigenvalue weighted by atomic mass is 9.82. The summed E-state index contributed by atoms with van der Waals surface area (Å²) in [4.78, 5) is 45.1. The van der Waals surface area contributed by atoms with Gasteiger partial charge in [0.25, 0.3) is 0 Å². The van der Waals surface area contributed by atoms with Crippen LogP contribution in [0.1, 0.15) is 56.9 Å². The van der Waals surface area contributed by atoms with E-state index in [0.29, 0.717) is 16.5 Å². The van der Waals surface area contributed by atoms with E-state index in [0.717, 1.165) is 37.0 Å². The molecule has 1 aromatic carbocycles. The highest BCUT2D eigenvalue weighted by Gasteiger charge is 2.57. The summed E-state index contributed by atoms with van der Waals surface area (Å²) in [6.07, 6.45) is 1.21. The lowest BCUT2D eigenvalue weighted by molar-refractivity contribution is -0.186. The minimum Gasteiger partial charge on any atom is -0.361 e. The number of nitrogens with zero attached hydrogens (tertiary/aromatic N) is 2. The molecular formula is C28H35F4N5O3. The van der Waals surface area contributed by atoms with Crippen molar-refractivity contribution in [3.63, 3.8) is 0 Å². The molecule has 2 aliphatic heterocycles. The lowest BCUT2D eigenvalue weighted by Crippen LogP contribution is -2.57. The highest BCUT2D eigenvalue weighted by Crippen LogP contribution is 2.45. The van der Waals surface area contributed by atoms with Crippen LogP contribution in [-0.2, 0) is 14.4 Å². The van der Waals surface area contributed by atoms with E-state index in [1.54, 1.807) is 31.1 Å². The Morgan fingerprint density at radius 2 is 1.80 bits per heavy atom. The van der Waals surface area contributed by atoms with Crippen molar-refractivity contribution in [3.05, 3.63) is 35.8 Å². The molecule has 40 heavy (non-hydrogen) atoms. The number of carbonyl (C=O) groups excluding carboxylic acids is 3. The van der Waals surface area contributed by atoms with Crippen molar-refractivity contribution in [1.29, 1.82) is 0 Å². The van der Waals surface area contributed by atoms with Crippen LogP contribution in [-0.4, -0.2) is 83.0 Å². The SMILES string of the molecule is CNC(C)C(=O)NC(C(=O)N1CCC2C1C(c1c[nH]c3cc(F)ccc13)CN2C(=O)C(F)(F)F)C1CCCCC1. The Morgan fingerprint density at radius 3 is 2.48 bits per heavy atom. The first kappa shape index (κ1) is 28.4. The Labute approximate surface area is 229 Å². The van der Waals surface area contributed by atoms with E-state index in [1.165, 1.54) is 12.1 Å². The van der Waals surface area contributed by atoms with Crippen molar-refractivity contribution in [2.24, 2.45) is 5.92 Å². The third-order valence-corrected chi connectivity index (χ3v) is 9.00. The lowest BCUT2D eigenvalue weighted by Gasteiger charge is -2.36. The molecule has 3 N–H and O–H groups in total. The number of nitrogens with one attached hydrogen (secondary N) is 3. The standard InChI is InChI=1S/C28H35F4N5O3/c1-15(33-2)25(38)35-23(16-6-4-3-5-7-16)26(39)36-11-10-22-24(36)20(14-37(22)27(40)28(30,31)32)19-13-34-21-12-17(29)8-9-18(19)21/h8-9,12-13,15-16,20,22-24,33-34H,3-7,10-11,14H2,1-2H3,(H,35,38). The minimum absolute atomic E-state index is 0.0860. The van der Waals surface area contributed by atoms with Gasteiger partial charge in [0, 0.05) is 36.1 Å². The average molecular weight is 566 g/mol. The van der Waals surface area contributed by atoms with Gasteiger partial charge in [-0.25, -0.2) is 4.39 Å². The molecule has 3 aliphatic rings. The maximum Gasteiger partial charge on any atom is 0.471 e. The summed E-state index contributed by atoms with van der Waals surface area (Å²) in [5.41, 5.74) is 1.11. The number of benzene rings is 1. The van der Waals surface area contributed by atoms with Crippen molar-refractivity contribution in [2.45, 2.75) is 81.7 Å². The van der Waals surface area contributed by atoms with Crippen LogP contribution < -0.4 is 10.6 Å². The van der Waals surface area contributed by atoms with Crippen LogP contribution in [0.3, 0.4) is 0 Å². The molecule has 5 unspecified atom stereocenters. The molecule has 2 aromatic rings. The zero-order valence-corrected chi connectivity index (χ0v) is 22.6. The Morgan fingerprint density at radius 1 is 1.07 bits per heavy atom. The molecule has 3 fully saturated rings. The Kier molecular flexibility index (Phi) is 7.82. The number of aromatic nitrogens is 1. The summed E-state index contributed by atoms with van der Waals surface area (Å²) in [6, 6.07) is 1.26. The van der Waals surface area contributed by atoms with Crippen molar-refractivity contribution < 1.29 is 31.9 Å². The number of aromatic amines is 1. The van der Waals surface area contributed by atoms with Gasteiger partial charge < -0.3 is 25.4 Å². The number of likely N-dealkylation sites (N-methyl/N-ethyl adjacent to an activating group) is 1. The van der Waals surface area contributed by atoms with Gasteiger partial charge in [0.15, 0.2) is 0 Å². The highest BCUT2D eigenvalue weighted by atomic mass is 19.4. The van der Waals surface area contributed by atoms with E-state index >= 15 is 0 Å². The largest absolute Gasteiger partial charge is 0.471 e. The van der Waals surface area contributed by atoms with Gasteiger partial charge in [-0.05, 0) is 62.9 Å². The zero-order chi connectivity index (χ0) is 28.8. The topological polar surface area (TPSA) is 97.5 Å². The Hall–Kier alpha value is -3.15. The molecule has 1 aliphatic carbocycles. The quantitative estimate of drug-likeness (QED) is 0.468. The number of rotatable bonds is 6. The van der Waals surface area contributed by atoms with Crippen LogP contribution in [0.4, 0.5) is 17.6 Å². The molecule has 3 amide bonds. The minimum atomic E-state index is -5.05. The third-order valence-electron chi connectivity index (χ3n) is 9.00. The molecule has 1 saturated carbocycles. The van der Waals surface area contributed by atoms with Crippen molar-refractivity contribution in [2.75, 3.05) is 20.1 Å². The van der Waals surface area contributed by atoms with E-state index in [1.807, 2.05) is 0 Å². The fourth-order valence-corrected chi connectivity index (χ4v) is 6.88. The Balaban J connectivity index is 1.51. The number of amides is 3. The van der Waals surface area contributed by atoms with Gasteiger partial charge in [-0.15, -0.1) is 0 Å². The molecule has 8 nitrogen and oxygen atoms in total. The van der Waals surface area contributed by atoms with Crippen LogP contribution in [0.25, 0.3) is 10.9 Å². The summed E-state index contributed by atoms with van der Waals surface area (Å²) in [5.74, 6) is -3.74. The fraction of sp³-hybridized carbons (Fsp3) is 0.607. The first-order chi connectivity index (χ1) is 19.0. The van der Waals surface area contributed by atoms with Crippen LogP contribution in [0, 0.1) is 11.7 Å². The van der Waals surface area contributed by atoms with Crippen molar-refractivity contribution >= 4 is 28.6 Å². The first-order valence-electron chi connectivity index (χ1n) is 13.9. The van der Waals surface area contributed by atoms with Gasteiger partial charge in [-0.1, -0.05) is 19.3 Å². The molecule has 5 atom stereocenters. The molecule has 1 aromatic heterocycles. The predicted molar refractivity (Wildman–Crippen MR) is 140 cm³/mol. The van der Waals surface area contributed by atoms with Gasteiger partial charge in [0.1, 0.15) is 11.9 Å². The number of likely N-dealkylation sites (tertiary alicyclic amines) is 2. The summed E-state index contributed by atoms with van der Waals surface area (Å²) in [7, 11) is 1.65. The van der Waals surface area contributed by atoms with Gasteiger partial charge in [0.2, 0.25) is 11.8 Å². The van der Waals surface area contributed by atoms with E-state index < -0.39 is 48.0 Å². The number of hydrogen-bond donors (Lipinski definition) is 3. The average Bonchev–Trinajstić information content (AvgIpc) is 3.64. The van der Waals surface area contributed by atoms with Crippen LogP contribution >= 0.6 is 0 Å². The highest BCUT2D eigenvalue weighted by molar-refractivity contribution is 5.91. The van der Waals surface area contributed by atoms with E-state index in [9.17, 15) is 31.9 Å². The normalized spacial score (nSPS) is 25.2. The molecule has 3 heterocycles. The number of fused-ring (bicyclic) bond motifs is 2. The number of alkyl halides is 3. The van der Waals surface area contributed by atoms with E-state index in [4.69, 9.17) is 0 Å². The predicted octanol–water partition coefficient (Wildman–Crippen LogP) is 3.44. The van der Waals surface area contributed by atoms with Gasteiger partial charge >= 0.3 is 12.1 Å². The molecule has 5 rings (SSSR count). The maximum atomic E-state index is 14.2. The van der Waals surface area contributed by atoms with Crippen LogP contribution in [0.2, 0.25) is 0 Å². The summed E-state index contributed by atoms with van der Waals surface area (Å²) >= 11 is 0. The smallest absolute Gasteiger partial charge is 0.361 e. The number of hydrogen-bond acceptors (Lipinski definition) is 4. The van der Waals surface area contributed by atoms with Gasteiger partial charge in [0.05, 0.1) is 18.1 Å². The van der Waals surface area contributed by atoms with Crippen LogP contribution in [0.15, 0.2) is 24.4 Å². The Bertz CT molecular complexity index is 1270. The number of carbonyl (C=O) groups is 3. The van der Waals surface area contributed by atoms with E-state index in [-0.39, 0.29) is 37.2 Å². The molecule has 218 valence electrons. The third kappa shape index (κ3) is 5.17. The van der Waals surface area contributed by atoms with Crippen molar-refractivity contribution in [1.82, 2.24) is 25.4 Å². The summed E-state index contributed by atoms with van der Waals surface area (Å²) in [5, 5.41) is 6.45. The monoisotopic (exact) mass is 565 g/mol. The molecule has 0 radical (unpaired) electrons. The first-order valence-corrected chi connectivity index (χ1v) is 13.9. The fourth-order valence-electron chi connectivity index (χ4n) is 6.88. The second-order valence-corrected chi connectivity index (χ2v) is 11.3. The second-order valence-electron chi connectivity index (χ2n) is 11.3. The summed E-state index contributed by atoms with van der Waals surface area (Å²) < 4.78 is 54.8. The number of halogens is 4. The van der Waals surface area contributed by atoms with Crippen molar-refractivity contribution in [3.8, 4) is 0 Å². The second kappa shape index (κ2) is 11.0. The van der Waals surface area contributed by atoms with Gasteiger partial charge in [-0.2, -0.15) is 13.2 Å². The molecule has 12 heteroatoms. The molecular weight excluding hydrogens is 530 g/mol. The molecule has 0 bridgehead atoms.